The maximum Gasteiger partial charge on any atom is 0.0440 e. The Morgan fingerprint density at radius 1 is 1.31 bits per heavy atom. The normalized spacial score (nSPS) is 13.3. The van der Waals surface area contributed by atoms with Crippen molar-refractivity contribution in [1.82, 2.24) is 4.98 Å². The molecule has 0 fully saturated rings. The van der Waals surface area contributed by atoms with Crippen molar-refractivity contribution in [2.45, 2.75) is 40.0 Å². The first kappa shape index (κ1) is 10.2. The summed E-state index contributed by atoms with van der Waals surface area (Å²) in [7, 11) is 0. The zero-order valence-corrected chi connectivity index (χ0v) is 9.04. The lowest BCUT2D eigenvalue weighted by Crippen LogP contribution is -2.07. The summed E-state index contributed by atoms with van der Waals surface area (Å²) in [5, 5.41) is 0. The van der Waals surface area contributed by atoms with Crippen molar-refractivity contribution in [2.24, 2.45) is 5.92 Å². The van der Waals surface area contributed by atoms with Gasteiger partial charge in [0, 0.05) is 17.3 Å². The second kappa shape index (κ2) is 4.40. The lowest BCUT2D eigenvalue weighted by atomic mass is 9.90. The zero-order chi connectivity index (χ0) is 9.84. The molecule has 0 bridgehead atoms. The zero-order valence-electron chi connectivity index (χ0n) is 9.04. The third-order valence-electron chi connectivity index (χ3n) is 2.53. The highest BCUT2D eigenvalue weighted by Gasteiger charge is 2.14. The predicted octanol–water partition coefficient (Wildman–Crippen LogP) is 3.54. The average molecular weight is 177 g/mol. The van der Waals surface area contributed by atoms with Gasteiger partial charge in [-0.15, -0.1) is 0 Å². The molecule has 0 spiro atoms. The number of hydrogen-bond donors (Lipinski definition) is 0. The van der Waals surface area contributed by atoms with E-state index in [1.54, 1.807) is 0 Å². The Morgan fingerprint density at radius 3 is 2.46 bits per heavy atom. The van der Waals surface area contributed by atoms with Crippen molar-refractivity contribution < 1.29 is 0 Å². The van der Waals surface area contributed by atoms with Gasteiger partial charge >= 0.3 is 0 Å². The molecule has 0 aliphatic heterocycles. The fourth-order valence-corrected chi connectivity index (χ4v) is 1.79. The molecule has 0 aromatic carbocycles. The highest BCUT2D eigenvalue weighted by atomic mass is 14.7. The van der Waals surface area contributed by atoms with Crippen LogP contribution in [0.15, 0.2) is 18.2 Å². The molecule has 1 nitrogen and oxygen atoms in total. The first-order chi connectivity index (χ1) is 6.15. The highest BCUT2D eigenvalue weighted by molar-refractivity contribution is 5.14. The van der Waals surface area contributed by atoms with Crippen LogP contribution in [0.4, 0.5) is 0 Å². The van der Waals surface area contributed by atoms with Gasteiger partial charge in [0.1, 0.15) is 0 Å². The monoisotopic (exact) mass is 177 g/mol. The van der Waals surface area contributed by atoms with Gasteiger partial charge < -0.3 is 0 Å². The Hall–Kier alpha value is -0.850. The summed E-state index contributed by atoms with van der Waals surface area (Å²) in [5.41, 5.74) is 2.37. The fourth-order valence-electron chi connectivity index (χ4n) is 1.79. The molecule has 0 saturated carbocycles. The van der Waals surface area contributed by atoms with Gasteiger partial charge in [-0.3, -0.25) is 4.98 Å². The lowest BCUT2D eigenvalue weighted by molar-refractivity contribution is 0.474. The van der Waals surface area contributed by atoms with E-state index in [1.807, 2.05) is 0 Å². The van der Waals surface area contributed by atoms with E-state index in [2.05, 4.69) is 50.9 Å². The maximum absolute atomic E-state index is 4.57. The van der Waals surface area contributed by atoms with Crippen molar-refractivity contribution in [3.8, 4) is 0 Å². The van der Waals surface area contributed by atoms with Crippen molar-refractivity contribution in [3.05, 3.63) is 29.6 Å². The smallest absolute Gasteiger partial charge is 0.0440 e. The van der Waals surface area contributed by atoms with Crippen molar-refractivity contribution in [3.63, 3.8) is 0 Å². The van der Waals surface area contributed by atoms with Gasteiger partial charge in [0.15, 0.2) is 0 Å². The van der Waals surface area contributed by atoms with Crippen LogP contribution in [-0.2, 0) is 0 Å². The summed E-state index contributed by atoms with van der Waals surface area (Å²) in [6.07, 6.45) is 1.17. The van der Waals surface area contributed by atoms with Gasteiger partial charge in [0.2, 0.25) is 0 Å². The number of hydrogen-bond acceptors (Lipinski definition) is 1. The molecule has 13 heavy (non-hydrogen) atoms. The molecule has 0 N–H and O–H groups in total. The largest absolute Gasteiger partial charge is 0.258 e. The second-order valence-electron chi connectivity index (χ2n) is 3.96. The molecule has 0 radical (unpaired) electrons. The van der Waals surface area contributed by atoms with Crippen LogP contribution >= 0.6 is 0 Å². The molecule has 1 aromatic heterocycles. The van der Waals surface area contributed by atoms with Gasteiger partial charge in [0.25, 0.3) is 0 Å². The van der Waals surface area contributed by atoms with Crippen LogP contribution in [-0.4, -0.2) is 4.98 Å². The molecule has 0 aliphatic carbocycles. The Balaban J connectivity index is 2.91. The van der Waals surface area contributed by atoms with Crippen LogP contribution in [0, 0.1) is 12.8 Å². The van der Waals surface area contributed by atoms with Crippen LogP contribution in [0.5, 0.6) is 0 Å². The SMILES string of the molecule is CCC(c1cccc(C)n1)C(C)C. The molecule has 1 heteroatoms. The first-order valence-electron chi connectivity index (χ1n) is 5.08. The Kier molecular flexibility index (Phi) is 3.47. The van der Waals surface area contributed by atoms with E-state index >= 15 is 0 Å². The standard InChI is InChI=1S/C12H19N/c1-5-11(9(2)3)12-8-6-7-10(4)13-12/h6-9,11H,5H2,1-4H3. The molecule has 0 saturated heterocycles. The van der Waals surface area contributed by atoms with Gasteiger partial charge in [-0.05, 0) is 31.4 Å². The van der Waals surface area contributed by atoms with Gasteiger partial charge in [0.05, 0.1) is 0 Å². The molecule has 1 rings (SSSR count). The Bertz CT molecular complexity index is 266. The van der Waals surface area contributed by atoms with E-state index in [0.717, 1.165) is 5.69 Å². The quantitative estimate of drug-likeness (QED) is 0.688. The number of nitrogens with zero attached hydrogens (tertiary/aromatic N) is 1. The summed E-state index contributed by atoms with van der Waals surface area (Å²) in [6, 6.07) is 6.29. The molecular weight excluding hydrogens is 158 g/mol. The summed E-state index contributed by atoms with van der Waals surface area (Å²) in [4.78, 5) is 4.57. The minimum Gasteiger partial charge on any atom is -0.258 e. The average Bonchev–Trinajstić information content (AvgIpc) is 2.04. The molecule has 1 atom stereocenters. The van der Waals surface area contributed by atoms with Crippen LogP contribution in [0.25, 0.3) is 0 Å². The van der Waals surface area contributed by atoms with Crippen LogP contribution < -0.4 is 0 Å². The number of pyridine rings is 1. The molecule has 0 amide bonds. The molecule has 72 valence electrons. The van der Waals surface area contributed by atoms with E-state index in [0.29, 0.717) is 11.8 Å². The number of rotatable bonds is 3. The molecule has 1 unspecified atom stereocenters. The van der Waals surface area contributed by atoms with E-state index in [-0.39, 0.29) is 0 Å². The Labute approximate surface area is 81.2 Å². The summed E-state index contributed by atoms with van der Waals surface area (Å²) in [6.45, 7) is 8.81. The van der Waals surface area contributed by atoms with Gasteiger partial charge in [-0.2, -0.15) is 0 Å². The van der Waals surface area contributed by atoms with Crippen LogP contribution in [0.3, 0.4) is 0 Å². The molecule has 0 aliphatic rings. The summed E-state index contributed by atoms with van der Waals surface area (Å²) >= 11 is 0. The van der Waals surface area contributed by atoms with Crippen LogP contribution in [0.2, 0.25) is 0 Å². The number of aromatic nitrogens is 1. The molecule has 1 heterocycles. The van der Waals surface area contributed by atoms with Crippen molar-refractivity contribution in [2.75, 3.05) is 0 Å². The van der Waals surface area contributed by atoms with E-state index in [4.69, 9.17) is 0 Å². The third-order valence-corrected chi connectivity index (χ3v) is 2.53. The van der Waals surface area contributed by atoms with E-state index < -0.39 is 0 Å². The van der Waals surface area contributed by atoms with Gasteiger partial charge in [-0.1, -0.05) is 26.8 Å². The lowest BCUT2D eigenvalue weighted by Gasteiger charge is -2.18. The van der Waals surface area contributed by atoms with Crippen LogP contribution in [0.1, 0.15) is 44.5 Å². The van der Waals surface area contributed by atoms with Crippen molar-refractivity contribution >= 4 is 0 Å². The molecular formula is C12H19N. The third kappa shape index (κ3) is 2.55. The summed E-state index contributed by atoms with van der Waals surface area (Å²) in [5.74, 6) is 1.29. The summed E-state index contributed by atoms with van der Waals surface area (Å²) < 4.78 is 0. The number of aryl methyl sites for hydroxylation is 1. The fraction of sp³-hybridized carbons (Fsp3) is 0.583. The molecule has 1 aromatic rings. The second-order valence-corrected chi connectivity index (χ2v) is 3.96. The highest BCUT2D eigenvalue weighted by Crippen LogP contribution is 2.25. The van der Waals surface area contributed by atoms with Gasteiger partial charge in [-0.25, -0.2) is 0 Å². The van der Waals surface area contributed by atoms with E-state index in [1.165, 1.54) is 12.1 Å². The minimum absolute atomic E-state index is 0.611. The van der Waals surface area contributed by atoms with E-state index in [9.17, 15) is 0 Å². The topological polar surface area (TPSA) is 12.9 Å². The maximum atomic E-state index is 4.57. The predicted molar refractivity (Wildman–Crippen MR) is 56.8 cm³/mol. The van der Waals surface area contributed by atoms with Crippen molar-refractivity contribution in [1.29, 1.82) is 0 Å². The minimum atomic E-state index is 0.611. The first-order valence-corrected chi connectivity index (χ1v) is 5.08. The Morgan fingerprint density at radius 2 is 2.00 bits per heavy atom.